The molecule has 0 amide bonds. The molecule has 0 saturated carbocycles. The number of halogens is 3. The zero-order valence-corrected chi connectivity index (χ0v) is 7.59. The Balaban J connectivity index is 3.49. The van der Waals surface area contributed by atoms with E-state index in [4.69, 9.17) is 5.11 Å². The Labute approximate surface area is 82.8 Å². The predicted octanol–water partition coefficient (Wildman–Crippen LogP) is 1.40. The standard InChI is InChI=1S/C9H7F3O3/c1-9(15,8(13)14)6-4(10)2-3-5(11)7(6)12/h2-3,15H,1H3,(H,13,14). The molecule has 0 fully saturated rings. The summed E-state index contributed by atoms with van der Waals surface area (Å²) in [6.07, 6.45) is 0. The van der Waals surface area contributed by atoms with Gasteiger partial charge in [-0.25, -0.2) is 18.0 Å². The van der Waals surface area contributed by atoms with Crippen LogP contribution in [-0.4, -0.2) is 16.2 Å². The molecule has 1 rings (SSSR count). The van der Waals surface area contributed by atoms with Gasteiger partial charge in [0.05, 0.1) is 5.56 Å². The van der Waals surface area contributed by atoms with Crippen LogP contribution >= 0.6 is 0 Å². The van der Waals surface area contributed by atoms with Gasteiger partial charge in [0, 0.05) is 0 Å². The minimum absolute atomic E-state index is 0.506. The number of carboxylic acids is 1. The van der Waals surface area contributed by atoms with Crippen molar-refractivity contribution < 1.29 is 28.2 Å². The molecular formula is C9H7F3O3. The predicted molar refractivity (Wildman–Crippen MR) is 43.5 cm³/mol. The van der Waals surface area contributed by atoms with E-state index in [9.17, 15) is 23.1 Å². The van der Waals surface area contributed by atoms with E-state index >= 15 is 0 Å². The molecule has 1 atom stereocenters. The molecule has 1 aromatic carbocycles. The summed E-state index contributed by atoms with van der Waals surface area (Å²) in [6, 6.07) is 1.05. The summed E-state index contributed by atoms with van der Waals surface area (Å²) >= 11 is 0. The number of carbonyl (C=O) groups is 1. The number of hydrogen-bond acceptors (Lipinski definition) is 2. The van der Waals surface area contributed by atoms with Crippen LogP contribution in [-0.2, 0) is 10.4 Å². The molecule has 82 valence electrons. The Morgan fingerprint density at radius 3 is 2.20 bits per heavy atom. The number of rotatable bonds is 2. The molecule has 0 aliphatic heterocycles. The summed E-state index contributed by atoms with van der Waals surface area (Å²) in [4.78, 5) is 10.5. The molecular weight excluding hydrogens is 213 g/mol. The normalized spacial score (nSPS) is 14.7. The van der Waals surface area contributed by atoms with Gasteiger partial charge in [-0.15, -0.1) is 0 Å². The van der Waals surface area contributed by atoms with Crippen molar-refractivity contribution in [1.82, 2.24) is 0 Å². The second-order valence-corrected chi connectivity index (χ2v) is 3.10. The Kier molecular flexibility index (Phi) is 2.72. The molecule has 0 bridgehead atoms. The molecule has 0 radical (unpaired) electrons. The third-order valence-corrected chi connectivity index (χ3v) is 1.95. The van der Waals surface area contributed by atoms with Crippen molar-refractivity contribution in [2.75, 3.05) is 0 Å². The van der Waals surface area contributed by atoms with Gasteiger partial charge in [0.1, 0.15) is 5.82 Å². The number of carboxylic acid groups (broad SMARTS) is 1. The lowest BCUT2D eigenvalue weighted by atomic mass is 9.95. The van der Waals surface area contributed by atoms with E-state index in [0.717, 1.165) is 0 Å². The number of aliphatic hydroxyl groups is 1. The molecule has 1 unspecified atom stereocenters. The van der Waals surface area contributed by atoms with E-state index in [1.54, 1.807) is 0 Å². The molecule has 6 heteroatoms. The van der Waals surface area contributed by atoms with E-state index in [0.29, 0.717) is 19.1 Å². The second-order valence-electron chi connectivity index (χ2n) is 3.10. The van der Waals surface area contributed by atoms with Crippen LogP contribution in [0.4, 0.5) is 13.2 Å². The Bertz CT molecular complexity index is 415. The zero-order valence-electron chi connectivity index (χ0n) is 7.59. The van der Waals surface area contributed by atoms with Gasteiger partial charge in [0.15, 0.2) is 17.2 Å². The summed E-state index contributed by atoms with van der Waals surface area (Å²) in [5.74, 6) is -6.32. The summed E-state index contributed by atoms with van der Waals surface area (Å²) in [5.41, 5.74) is -4.02. The molecule has 0 aliphatic rings. The van der Waals surface area contributed by atoms with Crippen molar-refractivity contribution in [3.05, 3.63) is 35.1 Å². The molecule has 3 nitrogen and oxygen atoms in total. The first kappa shape index (κ1) is 11.5. The lowest BCUT2D eigenvalue weighted by Gasteiger charge is -2.19. The first-order valence-electron chi connectivity index (χ1n) is 3.88. The number of hydrogen-bond donors (Lipinski definition) is 2. The maximum absolute atomic E-state index is 13.1. The average Bonchev–Trinajstić information content (AvgIpc) is 2.11. The fraction of sp³-hybridized carbons (Fsp3) is 0.222. The number of aliphatic carboxylic acids is 1. The van der Waals surface area contributed by atoms with E-state index in [2.05, 4.69) is 0 Å². The van der Waals surface area contributed by atoms with Crippen LogP contribution < -0.4 is 0 Å². The Hall–Kier alpha value is -1.56. The lowest BCUT2D eigenvalue weighted by molar-refractivity contribution is -0.158. The van der Waals surface area contributed by atoms with Crippen LogP contribution in [0.2, 0.25) is 0 Å². The van der Waals surface area contributed by atoms with Crippen molar-refractivity contribution in [3.63, 3.8) is 0 Å². The SMILES string of the molecule is CC(O)(C(=O)O)c1c(F)ccc(F)c1F. The number of benzene rings is 1. The third kappa shape index (κ3) is 1.80. The average molecular weight is 220 g/mol. The van der Waals surface area contributed by atoms with E-state index in [1.165, 1.54) is 0 Å². The largest absolute Gasteiger partial charge is 0.479 e. The summed E-state index contributed by atoms with van der Waals surface area (Å²) in [7, 11) is 0. The highest BCUT2D eigenvalue weighted by atomic mass is 19.2. The maximum Gasteiger partial charge on any atom is 0.340 e. The summed E-state index contributed by atoms with van der Waals surface area (Å²) in [5, 5.41) is 17.8. The van der Waals surface area contributed by atoms with Crippen molar-refractivity contribution >= 4 is 5.97 Å². The first-order chi connectivity index (χ1) is 6.78. The highest BCUT2D eigenvalue weighted by Crippen LogP contribution is 2.27. The summed E-state index contributed by atoms with van der Waals surface area (Å²) in [6.45, 7) is 0.663. The van der Waals surface area contributed by atoms with Crippen molar-refractivity contribution in [1.29, 1.82) is 0 Å². The molecule has 15 heavy (non-hydrogen) atoms. The minimum Gasteiger partial charge on any atom is -0.479 e. The van der Waals surface area contributed by atoms with Crippen LogP contribution in [0.5, 0.6) is 0 Å². The fourth-order valence-corrected chi connectivity index (χ4v) is 1.08. The topological polar surface area (TPSA) is 57.5 Å². The van der Waals surface area contributed by atoms with E-state index in [-0.39, 0.29) is 0 Å². The van der Waals surface area contributed by atoms with Crippen molar-refractivity contribution in [3.8, 4) is 0 Å². The zero-order chi connectivity index (χ0) is 11.8. The van der Waals surface area contributed by atoms with Crippen LogP contribution in [0, 0.1) is 17.5 Å². The molecule has 0 saturated heterocycles. The van der Waals surface area contributed by atoms with Crippen molar-refractivity contribution in [2.45, 2.75) is 12.5 Å². The van der Waals surface area contributed by atoms with Gasteiger partial charge in [0.25, 0.3) is 0 Å². The monoisotopic (exact) mass is 220 g/mol. The first-order valence-corrected chi connectivity index (χ1v) is 3.88. The van der Waals surface area contributed by atoms with Gasteiger partial charge < -0.3 is 10.2 Å². The van der Waals surface area contributed by atoms with E-state index < -0.39 is 34.6 Å². The van der Waals surface area contributed by atoms with Gasteiger partial charge >= 0.3 is 5.97 Å². The lowest BCUT2D eigenvalue weighted by Crippen LogP contribution is -2.34. The van der Waals surface area contributed by atoms with Gasteiger partial charge in [-0.1, -0.05) is 0 Å². The molecule has 0 spiro atoms. The van der Waals surface area contributed by atoms with Crippen molar-refractivity contribution in [2.24, 2.45) is 0 Å². The second kappa shape index (κ2) is 3.54. The van der Waals surface area contributed by atoms with Gasteiger partial charge in [-0.2, -0.15) is 0 Å². The molecule has 0 aliphatic carbocycles. The maximum atomic E-state index is 13.1. The van der Waals surface area contributed by atoms with Gasteiger partial charge in [0.2, 0.25) is 0 Å². The molecule has 2 N–H and O–H groups in total. The quantitative estimate of drug-likeness (QED) is 0.740. The minimum atomic E-state index is -2.81. The van der Waals surface area contributed by atoms with E-state index in [1.807, 2.05) is 0 Å². The van der Waals surface area contributed by atoms with Gasteiger partial charge in [-0.05, 0) is 19.1 Å². The Morgan fingerprint density at radius 2 is 1.73 bits per heavy atom. The summed E-state index contributed by atoms with van der Waals surface area (Å²) < 4.78 is 38.8. The fourth-order valence-electron chi connectivity index (χ4n) is 1.08. The smallest absolute Gasteiger partial charge is 0.340 e. The van der Waals surface area contributed by atoms with Crippen LogP contribution in [0.3, 0.4) is 0 Å². The molecule has 0 aromatic heterocycles. The third-order valence-electron chi connectivity index (χ3n) is 1.95. The molecule has 0 heterocycles. The van der Waals surface area contributed by atoms with Crippen LogP contribution in [0.15, 0.2) is 12.1 Å². The highest BCUT2D eigenvalue weighted by Gasteiger charge is 2.38. The highest BCUT2D eigenvalue weighted by molar-refractivity contribution is 5.78. The molecule has 1 aromatic rings. The van der Waals surface area contributed by atoms with Crippen LogP contribution in [0.25, 0.3) is 0 Å². The van der Waals surface area contributed by atoms with Crippen LogP contribution in [0.1, 0.15) is 12.5 Å². The van der Waals surface area contributed by atoms with Gasteiger partial charge in [-0.3, -0.25) is 0 Å². The Morgan fingerprint density at radius 1 is 1.27 bits per heavy atom.